The zero-order valence-corrected chi connectivity index (χ0v) is 12.9. The molecule has 0 radical (unpaired) electrons. The average Bonchev–Trinajstić information content (AvgIpc) is 2.38. The molecular formula is C14H22ClN3O2. The Bertz CT molecular complexity index is 446. The molecule has 0 fully saturated rings. The molecule has 1 rings (SSSR count). The highest BCUT2D eigenvalue weighted by molar-refractivity contribution is 5.85. The van der Waals surface area contributed by atoms with Crippen molar-refractivity contribution in [3.8, 4) is 0 Å². The topological polar surface area (TPSA) is 75.4 Å². The summed E-state index contributed by atoms with van der Waals surface area (Å²) in [5.41, 5.74) is 7.74. The quantitative estimate of drug-likeness (QED) is 0.852. The normalized spacial score (nSPS) is 11.2. The van der Waals surface area contributed by atoms with Crippen LogP contribution >= 0.6 is 12.4 Å². The third-order valence-electron chi connectivity index (χ3n) is 2.86. The van der Waals surface area contributed by atoms with Crippen molar-refractivity contribution in [1.82, 2.24) is 10.2 Å². The Morgan fingerprint density at radius 3 is 2.30 bits per heavy atom. The number of hydrogen-bond donors (Lipinski definition) is 2. The lowest BCUT2D eigenvalue weighted by Crippen LogP contribution is -2.36. The van der Waals surface area contributed by atoms with Gasteiger partial charge in [-0.1, -0.05) is 29.8 Å². The Balaban J connectivity index is 0.00000361. The summed E-state index contributed by atoms with van der Waals surface area (Å²) in [7, 11) is 3.37. The summed E-state index contributed by atoms with van der Waals surface area (Å²) in [5, 5.41) is 2.67. The van der Waals surface area contributed by atoms with E-state index in [0.29, 0.717) is 6.54 Å². The standard InChI is InChI=1S/C14H21N3O2.ClH/c1-10-4-6-11(7-5-10)13(15)14(19)16-9-8-12(18)17(2)3;/h4-7,13H,8-9,15H2,1-3H3,(H,16,19);1H. The molecule has 1 aromatic carbocycles. The van der Waals surface area contributed by atoms with Crippen molar-refractivity contribution in [1.29, 1.82) is 0 Å². The summed E-state index contributed by atoms with van der Waals surface area (Å²) in [5.74, 6) is -0.292. The van der Waals surface area contributed by atoms with Gasteiger partial charge in [-0.3, -0.25) is 9.59 Å². The SMILES string of the molecule is Cc1ccc(C(N)C(=O)NCCC(=O)N(C)C)cc1.Cl. The molecular weight excluding hydrogens is 278 g/mol. The van der Waals surface area contributed by atoms with Gasteiger partial charge < -0.3 is 16.0 Å². The number of nitrogens with two attached hydrogens (primary N) is 1. The number of aryl methyl sites for hydroxylation is 1. The molecule has 0 saturated heterocycles. The molecule has 3 N–H and O–H groups in total. The van der Waals surface area contributed by atoms with Crippen LogP contribution in [0, 0.1) is 6.92 Å². The number of carbonyl (C=O) groups is 2. The Morgan fingerprint density at radius 2 is 1.80 bits per heavy atom. The minimum atomic E-state index is -0.699. The van der Waals surface area contributed by atoms with E-state index >= 15 is 0 Å². The van der Waals surface area contributed by atoms with Gasteiger partial charge in [0.25, 0.3) is 0 Å². The Kier molecular flexibility index (Phi) is 7.87. The monoisotopic (exact) mass is 299 g/mol. The van der Waals surface area contributed by atoms with Crippen molar-refractivity contribution >= 4 is 24.2 Å². The Hall–Kier alpha value is -1.59. The van der Waals surface area contributed by atoms with Crippen molar-refractivity contribution < 1.29 is 9.59 Å². The molecule has 0 spiro atoms. The highest BCUT2D eigenvalue weighted by Crippen LogP contribution is 2.11. The maximum Gasteiger partial charge on any atom is 0.241 e. The zero-order chi connectivity index (χ0) is 14.4. The predicted molar refractivity (Wildman–Crippen MR) is 81.7 cm³/mol. The predicted octanol–water partition coefficient (Wildman–Crippen LogP) is 1.01. The van der Waals surface area contributed by atoms with E-state index in [1.807, 2.05) is 31.2 Å². The molecule has 0 aliphatic rings. The molecule has 0 saturated carbocycles. The van der Waals surface area contributed by atoms with Crippen LogP contribution in [0.15, 0.2) is 24.3 Å². The first-order valence-electron chi connectivity index (χ1n) is 6.22. The van der Waals surface area contributed by atoms with Crippen molar-refractivity contribution in [2.45, 2.75) is 19.4 Å². The second-order valence-electron chi connectivity index (χ2n) is 4.72. The Labute approximate surface area is 125 Å². The number of hydrogen-bond acceptors (Lipinski definition) is 3. The summed E-state index contributed by atoms with van der Waals surface area (Å²) < 4.78 is 0. The van der Waals surface area contributed by atoms with Gasteiger partial charge in [0.05, 0.1) is 0 Å². The lowest BCUT2D eigenvalue weighted by molar-refractivity contribution is -0.128. The molecule has 20 heavy (non-hydrogen) atoms. The first kappa shape index (κ1) is 18.4. The van der Waals surface area contributed by atoms with E-state index in [2.05, 4.69) is 5.32 Å². The summed E-state index contributed by atoms with van der Waals surface area (Å²) >= 11 is 0. The number of rotatable bonds is 5. The van der Waals surface area contributed by atoms with Gasteiger partial charge >= 0.3 is 0 Å². The molecule has 1 atom stereocenters. The van der Waals surface area contributed by atoms with E-state index in [4.69, 9.17) is 5.73 Å². The molecule has 0 aliphatic carbocycles. The fourth-order valence-electron chi connectivity index (χ4n) is 1.55. The fraction of sp³-hybridized carbons (Fsp3) is 0.429. The van der Waals surface area contributed by atoms with Crippen LogP contribution in [0.2, 0.25) is 0 Å². The molecule has 0 aromatic heterocycles. The minimum absolute atomic E-state index is 0. The van der Waals surface area contributed by atoms with Gasteiger partial charge in [0.15, 0.2) is 0 Å². The highest BCUT2D eigenvalue weighted by atomic mass is 35.5. The van der Waals surface area contributed by atoms with E-state index in [-0.39, 0.29) is 30.6 Å². The van der Waals surface area contributed by atoms with Crippen molar-refractivity contribution in [2.24, 2.45) is 5.73 Å². The highest BCUT2D eigenvalue weighted by Gasteiger charge is 2.15. The molecule has 0 aliphatic heterocycles. The molecule has 112 valence electrons. The first-order valence-corrected chi connectivity index (χ1v) is 6.22. The Morgan fingerprint density at radius 1 is 1.25 bits per heavy atom. The van der Waals surface area contributed by atoms with Gasteiger partial charge in [0.2, 0.25) is 11.8 Å². The smallest absolute Gasteiger partial charge is 0.241 e. The lowest BCUT2D eigenvalue weighted by Gasteiger charge is -2.14. The van der Waals surface area contributed by atoms with Crippen molar-refractivity contribution in [3.05, 3.63) is 35.4 Å². The third-order valence-corrected chi connectivity index (χ3v) is 2.86. The largest absolute Gasteiger partial charge is 0.354 e. The summed E-state index contributed by atoms with van der Waals surface area (Å²) in [6.07, 6.45) is 0.277. The van der Waals surface area contributed by atoms with Crippen LogP contribution in [0.3, 0.4) is 0 Å². The summed E-state index contributed by atoms with van der Waals surface area (Å²) in [6, 6.07) is 6.81. The average molecular weight is 300 g/mol. The lowest BCUT2D eigenvalue weighted by atomic mass is 10.1. The van der Waals surface area contributed by atoms with Crippen LogP contribution in [0.5, 0.6) is 0 Å². The molecule has 0 heterocycles. The van der Waals surface area contributed by atoms with E-state index < -0.39 is 6.04 Å². The number of nitrogens with zero attached hydrogens (tertiary/aromatic N) is 1. The zero-order valence-electron chi connectivity index (χ0n) is 12.1. The second-order valence-corrected chi connectivity index (χ2v) is 4.72. The molecule has 2 amide bonds. The van der Waals surface area contributed by atoms with Gasteiger partial charge in [0.1, 0.15) is 6.04 Å². The van der Waals surface area contributed by atoms with Crippen molar-refractivity contribution in [2.75, 3.05) is 20.6 Å². The van der Waals surface area contributed by atoms with Gasteiger partial charge in [-0.15, -0.1) is 12.4 Å². The summed E-state index contributed by atoms with van der Waals surface area (Å²) in [4.78, 5) is 24.7. The van der Waals surface area contributed by atoms with Crippen LogP contribution < -0.4 is 11.1 Å². The number of carbonyl (C=O) groups excluding carboxylic acids is 2. The number of benzene rings is 1. The maximum absolute atomic E-state index is 11.8. The second kappa shape index (κ2) is 8.55. The molecule has 6 heteroatoms. The third kappa shape index (κ3) is 5.59. The molecule has 0 bridgehead atoms. The van der Waals surface area contributed by atoms with E-state index in [0.717, 1.165) is 11.1 Å². The van der Waals surface area contributed by atoms with E-state index in [9.17, 15) is 9.59 Å². The number of halogens is 1. The van der Waals surface area contributed by atoms with Gasteiger partial charge in [-0.25, -0.2) is 0 Å². The van der Waals surface area contributed by atoms with E-state index in [1.54, 1.807) is 14.1 Å². The van der Waals surface area contributed by atoms with Crippen LogP contribution in [0.4, 0.5) is 0 Å². The fourth-order valence-corrected chi connectivity index (χ4v) is 1.55. The van der Waals surface area contributed by atoms with Crippen LogP contribution in [0.25, 0.3) is 0 Å². The molecule has 1 aromatic rings. The minimum Gasteiger partial charge on any atom is -0.354 e. The van der Waals surface area contributed by atoms with Crippen LogP contribution in [-0.4, -0.2) is 37.4 Å². The first-order chi connectivity index (χ1) is 8.91. The van der Waals surface area contributed by atoms with Gasteiger partial charge in [0, 0.05) is 27.1 Å². The number of amides is 2. The molecule has 1 unspecified atom stereocenters. The maximum atomic E-state index is 11.8. The van der Waals surface area contributed by atoms with Crippen LogP contribution in [-0.2, 0) is 9.59 Å². The van der Waals surface area contributed by atoms with Crippen LogP contribution in [0.1, 0.15) is 23.6 Å². The van der Waals surface area contributed by atoms with Gasteiger partial charge in [-0.05, 0) is 12.5 Å². The number of nitrogens with one attached hydrogen (secondary N) is 1. The van der Waals surface area contributed by atoms with Crippen molar-refractivity contribution in [3.63, 3.8) is 0 Å². The molecule has 5 nitrogen and oxygen atoms in total. The van der Waals surface area contributed by atoms with Gasteiger partial charge in [-0.2, -0.15) is 0 Å². The van der Waals surface area contributed by atoms with E-state index in [1.165, 1.54) is 4.90 Å². The summed E-state index contributed by atoms with van der Waals surface area (Å²) in [6.45, 7) is 2.28.